The van der Waals surface area contributed by atoms with Crippen LogP contribution < -0.4 is 4.65 Å². The van der Waals surface area contributed by atoms with Gasteiger partial charge in [0.2, 0.25) is 0 Å². The van der Waals surface area contributed by atoms with Crippen LogP contribution in [0.5, 0.6) is 5.75 Å². The van der Waals surface area contributed by atoms with Crippen molar-refractivity contribution in [3.63, 3.8) is 0 Å². The van der Waals surface area contributed by atoms with Gasteiger partial charge in [-0.05, 0) is 12.1 Å². The van der Waals surface area contributed by atoms with E-state index >= 15 is 0 Å². The minimum absolute atomic E-state index is 0.787. The summed E-state index contributed by atoms with van der Waals surface area (Å²) < 4.78 is 48.4. The molecule has 0 atom stereocenters. The second-order valence-corrected chi connectivity index (χ2v) is 2.35. The highest BCUT2D eigenvalue weighted by Crippen LogP contribution is 2.35. The largest absolute Gasteiger partial charge is 0.707 e. The minimum atomic E-state index is -4.78. The van der Waals surface area contributed by atoms with Crippen LogP contribution in [0.25, 0.3) is 0 Å². The zero-order valence-electron chi connectivity index (χ0n) is 7.75. The molecule has 0 bridgehead atoms. The van der Waals surface area contributed by atoms with Gasteiger partial charge in [-0.1, -0.05) is 12.1 Å². The Morgan fingerprint density at radius 2 is 2.00 bits per heavy atom. The Labute approximate surface area is 79.3 Å². The highest BCUT2D eigenvalue weighted by molar-refractivity contribution is 6.33. The second kappa shape index (κ2) is 3.89. The molecule has 76 valence electrons. The number of hydrogen-bond acceptors (Lipinski definition) is 3. The monoisotopic (exact) mass is 207 g/mol. The molecule has 0 aliphatic heterocycles. The molecule has 1 rings (SSSR count). The normalized spacial score (nSPS) is 12.2. The summed E-state index contributed by atoms with van der Waals surface area (Å²) in [4.78, 5) is 0. The maximum atomic E-state index is 12.4. The van der Waals surface area contributed by atoms with E-state index < -0.39 is 30.9 Å². The van der Waals surface area contributed by atoms with E-state index in [2.05, 4.69) is 4.65 Å². The Kier molecular flexibility index (Phi) is 2.60. The van der Waals surface area contributed by atoms with Crippen molar-refractivity contribution >= 4 is 7.32 Å². The van der Waals surface area contributed by atoms with Crippen LogP contribution in [0.2, 0.25) is 0 Å². The van der Waals surface area contributed by atoms with E-state index in [4.69, 9.17) is 11.4 Å². The number of benzene rings is 1. The Hall–Kier alpha value is -1.21. The third-order valence-electron chi connectivity index (χ3n) is 1.33. The van der Waals surface area contributed by atoms with Crippen LogP contribution in [0, 0.1) is 0 Å². The van der Waals surface area contributed by atoms with Crippen molar-refractivity contribution in [2.45, 2.75) is 6.18 Å². The molecular weight excluding hydrogens is 200 g/mol. The predicted octanol–water partition coefficient (Wildman–Crippen LogP) is 1.05. The fourth-order valence-corrected chi connectivity index (χ4v) is 0.855. The standard InChI is InChI=1S/C7H6BF3O3/c9-7(10,11)5-3-1-2-4-6(5)14-8(12)13/h1-4,12-13H/i3D. The molecule has 1 aromatic carbocycles. The third kappa shape index (κ3) is 2.64. The number of rotatable bonds is 2. The first-order valence-electron chi connectivity index (χ1n) is 4.02. The molecule has 3 nitrogen and oxygen atoms in total. The molecule has 0 heterocycles. The maximum Gasteiger partial charge on any atom is 0.707 e. The van der Waals surface area contributed by atoms with Gasteiger partial charge >= 0.3 is 13.5 Å². The Morgan fingerprint density at radius 3 is 2.50 bits per heavy atom. The first-order chi connectivity index (χ1) is 6.82. The number of alkyl halides is 3. The van der Waals surface area contributed by atoms with Crippen LogP contribution in [0.15, 0.2) is 24.2 Å². The molecule has 0 unspecified atom stereocenters. The summed E-state index contributed by atoms with van der Waals surface area (Å²) in [5.74, 6) is -0.787. The van der Waals surface area contributed by atoms with Crippen LogP contribution in [0.1, 0.15) is 6.93 Å². The van der Waals surface area contributed by atoms with Crippen LogP contribution in [0.3, 0.4) is 0 Å². The van der Waals surface area contributed by atoms with E-state index in [9.17, 15) is 13.2 Å². The summed E-state index contributed by atoms with van der Waals surface area (Å²) in [6.07, 6.45) is -4.78. The lowest BCUT2D eigenvalue weighted by molar-refractivity contribution is -0.138. The molecule has 0 spiro atoms. The van der Waals surface area contributed by atoms with Gasteiger partial charge in [0.1, 0.15) is 5.75 Å². The van der Waals surface area contributed by atoms with E-state index in [1.165, 1.54) is 0 Å². The van der Waals surface area contributed by atoms with Gasteiger partial charge in [0.15, 0.2) is 0 Å². The lowest BCUT2D eigenvalue weighted by Crippen LogP contribution is -2.22. The molecule has 0 saturated carbocycles. The molecule has 0 radical (unpaired) electrons. The van der Waals surface area contributed by atoms with Crippen LogP contribution in [0.4, 0.5) is 13.2 Å². The fraction of sp³-hybridized carbons (Fsp3) is 0.143. The fourth-order valence-electron chi connectivity index (χ4n) is 0.855. The van der Waals surface area contributed by atoms with Gasteiger partial charge in [0.05, 0.1) is 6.93 Å². The Bertz CT molecular complexity index is 356. The highest BCUT2D eigenvalue weighted by atomic mass is 19.4. The summed E-state index contributed by atoms with van der Waals surface area (Å²) in [7, 11) is -2.35. The van der Waals surface area contributed by atoms with Crippen molar-refractivity contribution in [2.24, 2.45) is 0 Å². The van der Waals surface area contributed by atoms with E-state index in [1.54, 1.807) is 0 Å². The SMILES string of the molecule is [2H]c1cccc(OB(O)O)c1C(F)(F)F. The third-order valence-corrected chi connectivity index (χ3v) is 1.33. The molecule has 2 N–H and O–H groups in total. The summed E-state index contributed by atoms with van der Waals surface area (Å²) >= 11 is 0. The smallest absolute Gasteiger partial charge is 0.511 e. The highest BCUT2D eigenvalue weighted by Gasteiger charge is 2.34. The van der Waals surface area contributed by atoms with Crippen LogP contribution >= 0.6 is 0 Å². The molecule has 7 heteroatoms. The number of hydrogen-bond donors (Lipinski definition) is 2. The second-order valence-electron chi connectivity index (χ2n) is 2.35. The molecular formula is C7H6BF3O3. The maximum absolute atomic E-state index is 12.4. The van der Waals surface area contributed by atoms with Crippen molar-refractivity contribution in [1.82, 2.24) is 0 Å². The molecule has 0 saturated heterocycles. The average molecular weight is 207 g/mol. The zero-order chi connectivity index (χ0) is 11.6. The lowest BCUT2D eigenvalue weighted by Gasteiger charge is -2.12. The molecule has 0 aliphatic carbocycles. The molecule has 0 aliphatic rings. The van der Waals surface area contributed by atoms with Gasteiger partial charge in [-0.25, -0.2) is 0 Å². The Balaban J connectivity index is 3.21. The van der Waals surface area contributed by atoms with E-state index in [1.807, 2.05) is 0 Å². The predicted molar refractivity (Wildman–Crippen MR) is 42.3 cm³/mol. The first kappa shape index (κ1) is 9.35. The average Bonchev–Trinajstić information content (AvgIpc) is 1.99. The first-order valence-corrected chi connectivity index (χ1v) is 3.52. The van der Waals surface area contributed by atoms with Crippen molar-refractivity contribution in [2.75, 3.05) is 0 Å². The van der Waals surface area contributed by atoms with Gasteiger partial charge in [0.25, 0.3) is 0 Å². The summed E-state index contributed by atoms with van der Waals surface area (Å²) in [5.41, 5.74) is -1.34. The van der Waals surface area contributed by atoms with E-state index in [0.29, 0.717) is 0 Å². The summed E-state index contributed by atoms with van der Waals surface area (Å²) in [6, 6.07) is 2.19. The molecule has 14 heavy (non-hydrogen) atoms. The van der Waals surface area contributed by atoms with Crippen LogP contribution in [-0.4, -0.2) is 17.4 Å². The van der Waals surface area contributed by atoms with E-state index in [0.717, 1.165) is 18.2 Å². The van der Waals surface area contributed by atoms with Gasteiger partial charge in [0, 0.05) is 0 Å². The number of para-hydroxylation sites is 1. The van der Waals surface area contributed by atoms with Crippen molar-refractivity contribution < 1.29 is 29.2 Å². The summed E-state index contributed by atoms with van der Waals surface area (Å²) in [6.45, 7) is 0. The topological polar surface area (TPSA) is 49.7 Å². The molecule has 0 amide bonds. The van der Waals surface area contributed by atoms with Crippen molar-refractivity contribution in [3.05, 3.63) is 29.8 Å². The van der Waals surface area contributed by atoms with E-state index in [-0.39, 0.29) is 0 Å². The zero-order valence-corrected chi connectivity index (χ0v) is 6.75. The van der Waals surface area contributed by atoms with Gasteiger partial charge in [-0.3, -0.25) is 0 Å². The number of halogens is 3. The van der Waals surface area contributed by atoms with Crippen molar-refractivity contribution in [3.8, 4) is 5.75 Å². The quantitative estimate of drug-likeness (QED) is 0.712. The molecule has 0 fully saturated rings. The van der Waals surface area contributed by atoms with Gasteiger partial charge in [-0.15, -0.1) is 0 Å². The minimum Gasteiger partial charge on any atom is -0.511 e. The van der Waals surface area contributed by atoms with Gasteiger partial charge < -0.3 is 14.7 Å². The molecule has 0 aromatic heterocycles. The van der Waals surface area contributed by atoms with Gasteiger partial charge in [-0.2, -0.15) is 13.2 Å². The lowest BCUT2D eigenvalue weighted by atomic mass is 10.1. The summed E-state index contributed by atoms with van der Waals surface area (Å²) in [5, 5.41) is 16.8. The molecule has 1 aromatic rings. The van der Waals surface area contributed by atoms with Crippen molar-refractivity contribution in [1.29, 1.82) is 0 Å². The van der Waals surface area contributed by atoms with Crippen LogP contribution in [-0.2, 0) is 6.18 Å². The Morgan fingerprint density at radius 1 is 1.36 bits per heavy atom.